The second kappa shape index (κ2) is 8.44. The molecule has 0 aliphatic carbocycles. The van der Waals surface area contributed by atoms with Crippen molar-refractivity contribution in [3.8, 4) is 5.75 Å². The number of rotatable bonds is 5. The van der Waals surface area contributed by atoms with E-state index in [1.165, 1.54) is 23.5 Å². The number of hydrogen-bond donors (Lipinski definition) is 1. The number of aryl methyl sites for hydroxylation is 1. The Labute approximate surface area is 150 Å². The van der Waals surface area contributed by atoms with Crippen molar-refractivity contribution in [1.82, 2.24) is 4.98 Å². The zero-order valence-corrected chi connectivity index (χ0v) is 15.2. The summed E-state index contributed by atoms with van der Waals surface area (Å²) in [5, 5.41) is 2.76. The minimum atomic E-state index is -0.209. The lowest BCUT2D eigenvalue weighted by Gasteiger charge is -2.21. The highest BCUT2D eigenvalue weighted by Gasteiger charge is 2.16. The van der Waals surface area contributed by atoms with E-state index < -0.39 is 0 Å². The van der Waals surface area contributed by atoms with Crippen LogP contribution in [0.4, 0.5) is 5.82 Å². The van der Waals surface area contributed by atoms with Gasteiger partial charge in [0.1, 0.15) is 11.6 Å². The molecule has 0 radical (unpaired) electrons. The van der Waals surface area contributed by atoms with E-state index in [1.807, 2.05) is 54.7 Å². The topological polar surface area (TPSA) is 51.2 Å². The lowest BCUT2D eigenvalue weighted by atomic mass is 10.2. The van der Waals surface area contributed by atoms with E-state index in [-0.39, 0.29) is 12.5 Å². The molecule has 3 rings (SSSR count). The molecular weight excluding hydrogens is 340 g/mol. The molecule has 0 atom stereocenters. The number of anilines is 1. The highest BCUT2D eigenvalue weighted by atomic mass is 32.2. The van der Waals surface area contributed by atoms with Gasteiger partial charge in [0.05, 0.1) is 4.58 Å². The van der Waals surface area contributed by atoms with Crippen LogP contribution in [-0.4, -0.2) is 29.0 Å². The van der Waals surface area contributed by atoms with Crippen LogP contribution < -0.4 is 10.1 Å². The van der Waals surface area contributed by atoms with Crippen LogP contribution in [0.3, 0.4) is 0 Å². The number of amides is 1. The van der Waals surface area contributed by atoms with Crippen LogP contribution in [0.25, 0.3) is 0 Å². The molecule has 24 heavy (non-hydrogen) atoms. The number of thioether (sulfide) groups is 2. The molecule has 1 amide bonds. The minimum absolute atomic E-state index is 0.0255. The largest absolute Gasteiger partial charge is 0.484 e. The SMILES string of the molecule is Cc1cccnc1NC(=O)COc1ccc(C2SCCCS2)cc1. The summed E-state index contributed by atoms with van der Waals surface area (Å²) in [6.07, 6.45) is 2.95. The highest BCUT2D eigenvalue weighted by molar-refractivity contribution is 8.16. The van der Waals surface area contributed by atoms with Crippen molar-refractivity contribution in [2.24, 2.45) is 0 Å². The Balaban J connectivity index is 1.51. The van der Waals surface area contributed by atoms with Crippen LogP contribution in [0.2, 0.25) is 0 Å². The maximum Gasteiger partial charge on any atom is 0.263 e. The second-order valence-corrected chi connectivity index (χ2v) is 8.23. The summed E-state index contributed by atoms with van der Waals surface area (Å²) in [6, 6.07) is 11.8. The van der Waals surface area contributed by atoms with Crippen LogP contribution in [0.1, 0.15) is 22.1 Å². The van der Waals surface area contributed by atoms with Crippen molar-refractivity contribution < 1.29 is 9.53 Å². The van der Waals surface area contributed by atoms with Crippen LogP contribution in [0.5, 0.6) is 5.75 Å². The Hall–Kier alpha value is -1.66. The fraction of sp³-hybridized carbons (Fsp3) is 0.333. The Morgan fingerprint density at radius 1 is 1.25 bits per heavy atom. The number of carbonyl (C=O) groups excluding carboxylic acids is 1. The van der Waals surface area contributed by atoms with Gasteiger partial charge in [-0.3, -0.25) is 4.79 Å². The summed E-state index contributed by atoms with van der Waals surface area (Å²) >= 11 is 3.99. The first kappa shape index (κ1) is 17.2. The molecule has 1 aliphatic rings. The van der Waals surface area contributed by atoms with Gasteiger partial charge >= 0.3 is 0 Å². The van der Waals surface area contributed by atoms with Crippen LogP contribution >= 0.6 is 23.5 Å². The maximum atomic E-state index is 12.0. The predicted molar refractivity (Wildman–Crippen MR) is 102 cm³/mol. The number of nitrogens with one attached hydrogen (secondary N) is 1. The fourth-order valence-electron chi connectivity index (χ4n) is 2.33. The van der Waals surface area contributed by atoms with Crippen molar-refractivity contribution in [3.63, 3.8) is 0 Å². The Morgan fingerprint density at radius 3 is 2.71 bits per heavy atom. The first-order valence-electron chi connectivity index (χ1n) is 7.90. The highest BCUT2D eigenvalue weighted by Crippen LogP contribution is 2.43. The molecule has 1 aromatic heterocycles. The van der Waals surface area contributed by atoms with Crippen LogP contribution in [0.15, 0.2) is 42.6 Å². The maximum absolute atomic E-state index is 12.0. The van der Waals surface area contributed by atoms with Crippen LogP contribution in [-0.2, 0) is 4.79 Å². The predicted octanol–water partition coefficient (Wildman–Crippen LogP) is 4.28. The van der Waals surface area contributed by atoms with Gasteiger partial charge in [-0.1, -0.05) is 18.2 Å². The van der Waals surface area contributed by atoms with Crippen molar-refractivity contribution >= 4 is 35.2 Å². The van der Waals surface area contributed by atoms with Gasteiger partial charge in [0.25, 0.3) is 5.91 Å². The summed E-state index contributed by atoms with van der Waals surface area (Å²) in [7, 11) is 0. The van der Waals surface area contributed by atoms with E-state index in [9.17, 15) is 4.79 Å². The first-order valence-corrected chi connectivity index (χ1v) is 9.99. The molecule has 0 saturated carbocycles. The molecule has 0 unspecified atom stereocenters. The van der Waals surface area contributed by atoms with Crippen molar-refractivity contribution in [2.75, 3.05) is 23.4 Å². The van der Waals surface area contributed by atoms with Crippen molar-refractivity contribution in [1.29, 1.82) is 0 Å². The van der Waals surface area contributed by atoms with Gasteiger partial charge in [-0.25, -0.2) is 4.98 Å². The summed E-state index contributed by atoms with van der Waals surface area (Å²) in [4.78, 5) is 16.1. The summed E-state index contributed by atoms with van der Waals surface area (Å²) < 4.78 is 6.09. The standard InChI is InChI=1S/C18H20N2O2S2/c1-13-4-2-9-19-17(13)20-16(21)12-22-15-7-5-14(6-8-15)18-23-10-3-11-24-18/h2,4-9,18H,3,10-12H2,1H3,(H,19,20,21). The van der Waals surface area contributed by atoms with Crippen LogP contribution in [0, 0.1) is 6.92 Å². The van der Waals surface area contributed by atoms with Gasteiger partial charge < -0.3 is 10.1 Å². The fourth-order valence-corrected chi connectivity index (χ4v) is 5.23. The van der Waals surface area contributed by atoms with E-state index in [0.29, 0.717) is 16.1 Å². The molecule has 1 fully saturated rings. The number of aromatic nitrogens is 1. The van der Waals surface area contributed by atoms with E-state index in [0.717, 1.165) is 5.56 Å². The number of hydrogen-bond acceptors (Lipinski definition) is 5. The molecule has 6 heteroatoms. The molecule has 1 aromatic carbocycles. The lowest BCUT2D eigenvalue weighted by molar-refractivity contribution is -0.118. The average Bonchev–Trinajstić information content (AvgIpc) is 2.63. The quantitative estimate of drug-likeness (QED) is 0.863. The Kier molecular flexibility index (Phi) is 6.04. The number of ether oxygens (including phenoxy) is 1. The number of carbonyl (C=O) groups is 1. The van der Waals surface area contributed by atoms with E-state index >= 15 is 0 Å². The van der Waals surface area contributed by atoms with Crippen molar-refractivity contribution in [3.05, 3.63) is 53.7 Å². The molecule has 2 heterocycles. The third kappa shape index (κ3) is 4.68. The molecule has 2 aromatic rings. The molecule has 0 bridgehead atoms. The molecule has 126 valence electrons. The minimum Gasteiger partial charge on any atom is -0.484 e. The van der Waals surface area contributed by atoms with Gasteiger partial charge in [0, 0.05) is 6.20 Å². The first-order chi connectivity index (χ1) is 11.7. The third-order valence-corrected chi connectivity index (χ3v) is 6.63. The summed E-state index contributed by atoms with van der Waals surface area (Å²) in [5.74, 6) is 3.52. The zero-order valence-electron chi connectivity index (χ0n) is 13.5. The van der Waals surface area contributed by atoms with E-state index in [2.05, 4.69) is 22.4 Å². The Morgan fingerprint density at radius 2 is 2.00 bits per heavy atom. The van der Waals surface area contributed by atoms with Gasteiger partial charge in [-0.05, 0) is 54.2 Å². The third-order valence-electron chi connectivity index (χ3n) is 3.62. The summed E-state index contributed by atoms with van der Waals surface area (Å²) in [5.41, 5.74) is 2.24. The zero-order chi connectivity index (χ0) is 16.8. The average molecular weight is 361 g/mol. The van der Waals surface area contributed by atoms with Gasteiger partial charge in [0.15, 0.2) is 6.61 Å². The normalized spacial score (nSPS) is 15.0. The number of nitrogens with zero attached hydrogens (tertiary/aromatic N) is 1. The molecular formula is C18H20N2O2S2. The smallest absolute Gasteiger partial charge is 0.263 e. The molecule has 1 saturated heterocycles. The van der Waals surface area contributed by atoms with E-state index in [1.54, 1.807) is 6.20 Å². The van der Waals surface area contributed by atoms with Gasteiger partial charge in [-0.15, -0.1) is 23.5 Å². The Bertz CT molecular complexity index is 686. The van der Waals surface area contributed by atoms with Gasteiger partial charge in [0.2, 0.25) is 0 Å². The summed E-state index contributed by atoms with van der Waals surface area (Å²) in [6.45, 7) is 1.88. The van der Waals surface area contributed by atoms with Crippen molar-refractivity contribution in [2.45, 2.75) is 17.9 Å². The number of pyridine rings is 1. The van der Waals surface area contributed by atoms with E-state index in [4.69, 9.17) is 4.74 Å². The molecule has 4 nitrogen and oxygen atoms in total. The lowest BCUT2D eigenvalue weighted by Crippen LogP contribution is -2.21. The molecule has 1 N–H and O–H groups in total. The molecule has 0 spiro atoms. The van der Waals surface area contributed by atoms with Gasteiger partial charge in [-0.2, -0.15) is 0 Å². The molecule has 1 aliphatic heterocycles. The second-order valence-electron chi connectivity index (χ2n) is 5.50. The number of benzene rings is 1. The monoisotopic (exact) mass is 360 g/mol.